The highest BCUT2D eigenvalue weighted by atomic mass is 79.9. The van der Waals surface area contributed by atoms with Gasteiger partial charge in [-0.2, -0.15) is 0 Å². The molecule has 0 bridgehead atoms. The molecule has 0 amide bonds. The summed E-state index contributed by atoms with van der Waals surface area (Å²) in [5.41, 5.74) is 0.932. The number of hydrogen-bond acceptors (Lipinski definition) is 8. The Bertz CT molecular complexity index is 1300. The lowest BCUT2D eigenvalue weighted by Gasteiger charge is -2.38. The van der Waals surface area contributed by atoms with Crippen molar-refractivity contribution in [2.45, 2.75) is 25.3 Å². The van der Waals surface area contributed by atoms with Gasteiger partial charge in [0.05, 0.1) is 18.7 Å². The van der Waals surface area contributed by atoms with Crippen molar-refractivity contribution in [3.63, 3.8) is 0 Å². The lowest BCUT2D eigenvalue weighted by atomic mass is 9.91. The number of thiazole rings is 1. The molecule has 2 aliphatic rings. The maximum Gasteiger partial charge on any atom is 0.338 e. The number of nitrogens with zero attached hydrogens (tertiary/aromatic N) is 3. The fraction of sp³-hybridized carbons (Fsp3) is 0.360. The number of halogens is 4. The van der Waals surface area contributed by atoms with Crippen molar-refractivity contribution < 1.29 is 32.6 Å². The van der Waals surface area contributed by atoms with E-state index in [1.54, 1.807) is 18.5 Å². The summed E-state index contributed by atoms with van der Waals surface area (Å²) in [6.45, 7) is 1.27. The normalized spacial score (nSPS) is 21.8. The monoisotopic (exact) mass is 612 g/mol. The second-order valence-electron chi connectivity index (χ2n) is 8.69. The molecule has 1 saturated heterocycles. The van der Waals surface area contributed by atoms with Crippen molar-refractivity contribution in [3.8, 4) is 0 Å². The molecule has 4 rings (SSSR count). The van der Waals surface area contributed by atoms with E-state index in [0.717, 1.165) is 12.2 Å². The minimum atomic E-state index is -3.19. The van der Waals surface area contributed by atoms with E-state index in [9.17, 15) is 22.8 Å². The number of esters is 1. The molecule has 3 heterocycles. The molecule has 2 unspecified atom stereocenters. The van der Waals surface area contributed by atoms with Gasteiger partial charge in [-0.15, -0.1) is 11.3 Å². The predicted octanol–water partition coefficient (Wildman–Crippen LogP) is 4.55. The number of aliphatic carboxylic acids is 1. The summed E-state index contributed by atoms with van der Waals surface area (Å²) in [5, 5.41) is 14.2. The highest BCUT2D eigenvalue weighted by Crippen LogP contribution is 2.38. The van der Waals surface area contributed by atoms with Gasteiger partial charge in [0.25, 0.3) is 5.92 Å². The highest BCUT2D eigenvalue weighted by Gasteiger charge is 2.44. The van der Waals surface area contributed by atoms with E-state index >= 15 is 0 Å². The summed E-state index contributed by atoms with van der Waals surface area (Å²) in [6, 6.07) is 3.09. The van der Waals surface area contributed by atoms with Gasteiger partial charge in [-0.3, -0.25) is 9.89 Å². The lowest BCUT2D eigenvalue weighted by Crippen LogP contribution is -2.50. The van der Waals surface area contributed by atoms with E-state index in [-0.39, 0.29) is 31.7 Å². The number of piperidine rings is 1. The molecule has 8 nitrogen and oxygen atoms in total. The number of rotatable bonds is 8. The fourth-order valence-corrected chi connectivity index (χ4v) is 5.54. The third kappa shape index (κ3) is 6.33. The number of likely N-dealkylation sites (tertiary alicyclic amines) is 1. The number of hydrogen-bond donors (Lipinski definition) is 2. The zero-order chi connectivity index (χ0) is 27.4. The van der Waals surface area contributed by atoms with Crippen LogP contribution in [0.4, 0.5) is 13.2 Å². The molecule has 1 aromatic carbocycles. The number of carbonyl (C=O) groups is 2. The van der Waals surface area contributed by atoms with Crippen molar-refractivity contribution in [1.82, 2.24) is 15.2 Å². The van der Waals surface area contributed by atoms with E-state index in [4.69, 9.17) is 14.8 Å². The summed E-state index contributed by atoms with van der Waals surface area (Å²) < 4.78 is 49.5. The molecule has 2 aromatic rings. The zero-order valence-electron chi connectivity index (χ0n) is 20.2. The quantitative estimate of drug-likeness (QED) is 0.333. The molecule has 0 spiro atoms. The standard InChI is InChI=1S/C25H24BrF3N4O4S/c1-2-37-24(36)20-18(12-33-9-7-14(3-6-19(34)35)25(28,29)13-33)31-22(23-30-8-10-38-23)32-21(20)16-5-4-15(27)11-17(16)26/h3-6,8,10-11,14,21H,2,7,9,12-13H2,1H3,(H,31,32)(H,34,35)/b6-3+. The molecular weight excluding hydrogens is 589 g/mol. The first kappa shape index (κ1) is 28.0. The van der Waals surface area contributed by atoms with E-state index < -0.39 is 42.2 Å². The summed E-state index contributed by atoms with van der Waals surface area (Å²) in [4.78, 5) is 34.5. The van der Waals surface area contributed by atoms with Crippen LogP contribution < -0.4 is 5.32 Å². The number of ether oxygens (including phenoxy) is 1. The van der Waals surface area contributed by atoms with Crippen LogP contribution in [-0.2, 0) is 14.3 Å². The van der Waals surface area contributed by atoms with E-state index in [2.05, 4.69) is 26.2 Å². The molecule has 38 heavy (non-hydrogen) atoms. The van der Waals surface area contributed by atoms with Crippen LogP contribution in [0.5, 0.6) is 0 Å². The molecule has 2 atom stereocenters. The predicted molar refractivity (Wildman–Crippen MR) is 139 cm³/mol. The summed E-state index contributed by atoms with van der Waals surface area (Å²) in [7, 11) is 0. The Kier molecular flexibility index (Phi) is 8.68. The minimum absolute atomic E-state index is 0.0269. The van der Waals surface area contributed by atoms with Gasteiger partial charge in [-0.1, -0.05) is 28.1 Å². The van der Waals surface area contributed by atoms with Gasteiger partial charge in [0, 0.05) is 40.3 Å². The number of alkyl halides is 2. The molecule has 13 heteroatoms. The van der Waals surface area contributed by atoms with E-state index in [0.29, 0.717) is 26.6 Å². The van der Waals surface area contributed by atoms with Gasteiger partial charge in [-0.25, -0.2) is 27.7 Å². The molecule has 1 fully saturated rings. The van der Waals surface area contributed by atoms with Crippen LogP contribution in [0.15, 0.2) is 62.7 Å². The maximum absolute atomic E-state index is 14.9. The maximum atomic E-state index is 14.9. The van der Waals surface area contributed by atoms with Gasteiger partial charge in [0.1, 0.15) is 11.9 Å². The van der Waals surface area contributed by atoms with Crippen LogP contribution in [0.3, 0.4) is 0 Å². The van der Waals surface area contributed by atoms with Crippen molar-refractivity contribution >= 4 is 45.0 Å². The lowest BCUT2D eigenvalue weighted by molar-refractivity contribution is -0.139. The number of aromatic nitrogens is 1. The van der Waals surface area contributed by atoms with Crippen LogP contribution in [0, 0.1) is 11.7 Å². The fourth-order valence-electron chi connectivity index (χ4n) is 4.39. The molecule has 2 aliphatic heterocycles. The highest BCUT2D eigenvalue weighted by molar-refractivity contribution is 9.10. The Morgan fingerprint density at radius 3 is 2.82 bits per heavy atom. The second-order valence-corrected chi connectivity index (χ2v) is 10.4. The van der Waals surface area contributed by atoms with Crippen LogP contribution in [0.2, 0.25) is 0 Å². The molecule has 202 valence electrons. The first-order valence-electron chi connectivity index (χ1n) is 11.7. The minimum Gasteiger partial charge on any atom is -0.478 e. The smallest absolute Gasteiger partial charge is 0.338 e. The largest absolute Gasteiger partial charge is 0.478 e. The average molecular weight is 613 g/mol. The number of nitrogens with one attached hydrogen (secondary N) is 1. The number of carboxylic acids is 1. The second kappa shape index (κ2) is 11.8. The molecule has 2 N–H and O–H groups in total. The first-order valence-corrected chi connectivity index (χ1v) is 13.4. The molecule has 1 aromatic heterocycles. The van der Waals surface area contributed by atoms with Crippen molar-refractivity contribution in [3.05, 3.63) is 74.1 Å². The van der Waals surface area contributed by atoms with Gasteiger partial charge < -0.3 is 15.2 Å². The SMILES string of the molecule is CCOC(=O)C1=C(CN2CCC(/C=C/C(=O)O)C(F)(F)C2)NC(c2nccs2)=NC1c1ccc(F)cc1Br. The van der Waals surface area contributed by atoms with E-state index in [1.807, 2.05) is 0 Å². The number of aliphatic imine (C=N–C) groups is 1. The van der Waals surface area contributed by atoms with Crippen LogP contribution in [0.25, 0.3) is 0 Å². The number of allylic oxidation sites excluding steroid dienone is 1. The zero-order valence-corrected chi connectivity index (χ0v) is 22.6. The van der Waals surface area contributed by atoms with Gasteiger partial charge in [0.2, 0.25) is 0 Å². The Morgan fingerprint density at radius 1 is 1.39 bits per heavy atom. The Labute approximate surface area is 229 Å². The third-order valence-corrected chi connectivity index (χ3v) is 7.57. The van der Waals surface area contributed by atoms with Gasteiger partial charge in [0.15, 0.2) is 10.8 Å². The van der Waals surface area contributed by atoms with Gasteiger partial charge >= 0.3 is 11.9 Å². The average Bonchev–Trinajstić information content (AvgIpc) is 3.38. The number of carbonyl (C=O) groups excluding carboxylic acids is 1. The van der Waals surface area contributed by atoms with Crippen molar-refractivity contribution in [2.75, 3.05) is 26.2 Å². The molecule has 0 saturated carbocycles. The van der Waals surface area contributed by atoms with Gasteiger partial charge in [-0.05, 0) is 37.6 Å². The van der Waals surface area contributed by atoms with Crippen LogP contribution in [-0.4, -0.2) is 64.9 Å². The number of carboxylic acid groups (broad SMARTS) is 1. The van der Waals surface area contributed by atoms with E-state index in [1.165, 1.54) is 34.4 Å². The Morgan fingerprint density at radius 2 is 2.18 bits per heavy atom. The number of benzene rings is 1. The van der Waals surface area contributed by atoms with Crippen molar-refractivity contribution in [1.29, 1.82) is 0 Å². The number of amidine groups is 1. The Hall–Kier alpha value is -3.03. The van der Waals surface area contributed by atoms with Crippen molar-refractivity contribution in [2.24, 2.45) is 10.9 Å². The third-order valence-electron chi connectivity index (χ3n) is 6.10. The Balaban J connectivity index is 1.73. The molecular formula is C25H24BrF3N4O4S. The summed E-state index contributed by atoms with van der Waals surface area (Å²) in [5.74, 6) is -6.51. The topological polar surface area (TPSA) is 104 Å². The first-order chi connectivity index (χ1) is 18.1. The molecule has 0 aliphatic carbocycles. The summed E-state index contributed by atoms with van der Waals surface area (Å²) >= 11 is 4.66. The molecule has 0 radical (unpaired) electrons. The van der Waals surface area contributed by atoms with Crippen LogP contribution in [0.1, 0.15) is 30.0 Å². The van der Waals surface area contributed by atoms with Crippen LogP contribution >= 0.6 is 27.3 Å². The summed E-state index contributed by atoms with van der Waals surface area (Å²) in [6.07, 6.45) is 3.38.